The monoisotopic (exact) mass is 250 g/mol. The van der Waals surface area contributed by atoms with Crippen LogP contribution in [0.15, 0.2) is 24.3 Å². The molecule has 0 heterocycles. The van der Waals surface area contributed by atoms with E-state index in [0.29, 0.717) is 18.8 Å². The Morgan fingerprint density at radius 3 is 2.44 bits per heavy atom. The van der Waals surface area contributed by atoms with E-state index in [2.05, 4.69) is 10.6 Å². The Balaban J connectivity index is 2.32. The molecule has 18 heavy (non-hydrogen) atoms. The van der Waals surface area contributed by atoms with Gasteiger partial charge in [-0.1, -0.05) is 17.7 Å². The summed E-state index contributed by atoms with van der Waals surface area (Å²) in [6.07, 6.45) is -0.183. The summed E-state index contributed by atoms with van der Waals surface area (Å²) in [5, 5.41) is 5.24. The van der Waals surface area contributed by atoms with Crippen LogP contribution >= 0.6 is 0 Å². The number of nitrogens with one attached hydrogen (secondary N) is 2. The van der Waals surface area contributed by atoms with Gasteiger partial charge in [-0.2, -0.15) is 0 Å². The Kier molecular flexibility index (Phi) is 5.87. The first-order valence-corrected chi connectivity index (χ1v) is 5.74. The standard InChI is InChI=1S/C13H18N2O3/c1-10-3-5-11(6-4-10)15-13(17)9-12(16)14-7-8-18-2/h3-6H,7-9H2,1-2H3,(H,14,16)(H,15,17). The number of carbonyl (C=O) groups is 2. The van der Waals surface area contributed by atoms with Crippen molar-refractivity contribution in [2.45, 2.75) is 13.3 Å². The van der Waals surface area contributed by atoms with Crippen LogP contribution in [0, 0.1) is 6.92 Å². The largest absolute Gasteiger partial charge is 0.383 e. The zero-order valence-electron chi connectivity index (χ0n) is 10.7. The third-order valence-electron chi connectivity index (χ3n) is 2.28. The molecular formula is C13H18N2O3. The zero-order valence-corrected chi connectivity index (χ0v) is 10.7. The summed E-state index contributed by atoms with van der Waals surface area (Å²) in [5.74, 6) is -0.634. The number of carbonyl (C=O) groups excluding carboxylic acids is 2. The van der Waals surface area contributed by atoms with E-state index in [1.165, 1.54) is 0 Å². The Bertz CT molecular complexity index is 401. The highest BCUT2D eigenvalue weighted by Crippen LogP contribution is 2.08. The van der Waals surface area contributed by atoms with Crippen molar-refractivity contribution < 1.29 is 14.3 Å². The molecule has 0 unspecified atom stereocenters. The van der Waals surface area contributed by atoms with E-state index in [-0.39, 0.29) is 18.2 Å². The van der Waals surface area contributed by atoms with Crippen LogP contribution in [0.1, 0.15) is 12.0 Å². The molecular weight excluding hydrogens is 232 g/mol. The Morgan fingerprint density at radius 2 is 1.83 bits per heavy atom. The van der Waals surface area contributed by atoms with E-state index < -0.39 is 0 Å². The van der Waals surface area contributed by atoms with Gasteiger partial charge in [-0.25, -0.2) is 0 Å². The van der Waals surface area contributed by atoms with Crippen LogP contribution in [-0.2, 0) is 14.3 Å². The highest BCUT2D eigenvalue weighted by Gasteiger charge is 2.08. The van der Waals surface area contributed by atoms with Gasteiger partial charge in [0.05, 0.1) is 6.61 Å². The molecule has 2 N–H and O–H groups in total. The average molecular weight is 250 g/mol. The quantitative estimate of drug-likeness (QED) is 0.586. The summed E-state index contributed by atoms with van der Waals surface area (Å²) in [6.45, 7) is 2.81. The molecule has 0 saturated carbocycles. The van der Waals surface area contributed by atoms with Gasteiger partial charge in [0, 0.05) is 19.3 Å². The molecule has 0 spiro atoms. The normalized spacial score (nSPS) is 9.89. The van der Waals surface area contributed by atoms with E-state index in [0.717, 1.165) is 5.56 Å². The lowest BCUT2D eigenvalue weighted by atomic mass is 10.2. The summed E-state index contributed by atoms with van der Waals surface area (Å²) >= 11 is 0. The number of anilines is 1. The minimum absolute atomic E-state index is 0.183. The Morgan fingerprint density at radius 1 is 1.17 bits per heavy atom. The maximum Gasteiger partial charge on any atom is 0.233 e. The number of ether oxygens (including phenoxy) is 1. The first-order valence-electron chi connectivity index (χ1n) is 5.74. The zero-order chi connectivity index (χ0) is 13.4. The fourth-order valence-electron chi connectivity index (χ4n) is 1.34. The molecule has 1 rings (SSSR count). The molecule has 0 radical (unpaired) electrons. The molecule has 5 nitrogen and oxygen atoms in total. The number of amides is 2. The SMILES string of the molecule is COCCNC(=O)CC(=O)Nc1ccc(C)cc1. The van der Waals surface area contributed by atoms with Crippen LogP contribution in [-0.4, -0.2) is 32.1 Å². The molecule has 0 bridgehead atoms. The molecule has 2 amide bonds. The average Bonchev–Trinajstić information content (AvgIpc) is 2.32. The van der Waals surface area contributed by atoms with Crippen molar-refractivity contribution in [2.24, 2.45) is 0 Å². The van der Waals surface area contributed by atoms with Gasteiger partial charge >= 0.3 is 0 Å². The van der Waals surface area contributed by atoms with E-state index in [4.69, 9.17) is 4.74 Å². The second kappa shape index (κ2) is 7.45. The summed E-state index contributed by atoms with van der Waals surface area (Å²) in [6, 6.07) is 7.40. The van der Waals surface area contributed by atoms with Crippen molar-refractivity contribution in [3.05, 3.63) is 29.8 Å². The van der Waals surface area contributed by atoms with E-state index in [1.807, 2.05) is 19.1 Å². The maximum atomic E-state index is 11.5. The van der Waals surface area contributed by atoms with Gasteiger partial charge in [-0.05, 0) is 19.1 Å². The molecule has 98 valence electrons. The van der Waals surface area contributed by atoms with Gasteiger partial charge in [-0.15, -0.1) is 0 Å². The van der Waals surface area contributed by atoms with Crippen LogP contribution in [0.4, 0.5) is 5.69 Å². The Hall–Kier alpha value is -1.88. The summed E-state index contributed by atoms with van der Waals surface area (Å²) in [7, 11) is 1.55. The van der Waals surface area contributed by atoms with Gasteiger partial charge in [0.1, 0.15) is 6.42 Å². The van der Waals surface area contributed by atoms with Crippen molar-refractivity contribution >= 4 is 17.5 Å². The number of methoxy groups -OCH3 is 1. The lowest BCUT2D eigenvalue weighted by Crippen LogP contribution is -2.30. The van der Waals surface area contributed by atoms with Crippen molar-refractivity contribution in [3.63, 3.8) is 0 Å². The maximum absolute atomic E-state index is 11.5. The van der Waals surface area contributed by atoms with E-state index >= 15 is 0 Å². The smallest absolute Gasteiger partial charge is 0.233 e. The third kappa shape index (κ3) is 5.45. The minimum atomic E-state index is -0.325. The number of benzene rings is 1. The predicted molar refractivity (Wildman–Crippen MR) is 69.3 cm³/mol. The summed E-state index contributed by atoms with van der Waals surface area (Å²) in [4.78, 5) is 22.9. The molecule has 0 saturated heterocycles. The van der Waals surface area contributed by atoms with Gasteiger partial charge in [0.15, 0.2) is 0 Å². The fraction of sp³-hybridized carbons (Fsp3) is 0.385. The van der Waals surface area contributed by atoms with Gasteiger partial charge < -0.3 is 15.4 Å². The molecule has 1 aromatic carbocycles. The Labute approximate surface area is 107 Å². The molecule has 0 atom stereocenters. The molecule has 0 aliphatic rings. The number of aryl methyl sites for hydroxylation is 1. The molecule has 0 aromatic heterocycles. The molecule has 0 fully saturated rings. The summed E-state index contributed by atoms with van der Waals surface area (Å²) in [5.41, 5.74) is 1.81. The molecule has 5 heteroatoms. The highest BCUT2D eigenvalue weighted by atomic mass is 16.5. The molecule has 0 aliphatic carbocycles. The lowest BCUT2D eigenvalue weighted by molar-refractivity contribution is -0.126. The number of hydrogen-bond donors (Lipinski definition) is 2. The highest BCUT2D eigenvalue weighted by molar-refractivity contribution is 6.03. The van der Waals surface area contributed by atoms with E-state index in [1.54, 1.807) is 19.2 Å². The minimum Gasteiger partial charge on any atom is -0.383 e. The number of rotatable bonds is 6. The molecule has 0 aliphatic heterocycles. The van der Waals surface area contributed by atoms with E-state index in [9.17, 15) is 9.59 Å². The summed E-state index contributed by atoms with van der Waals surface area (Å²) < 4.78 is 4.79. The van der Waals surface area contributed by atoms with Crippen molar-refractivity contribution in [2.75, 3.05) is 25.6 Å². The second-order valence-electron chi connectivity index (χ2n) is 3.93. The van der Waals surface area contributed by atoms with Crippen LogP contribution in [0.5, 0.6) is 0 Å². The first-order chi connectivity index (χ1) is 8.61. The van der Waals surface area contributed by atoms with Crippen LogP contribution in [0.2, 0.25) is 0 Å². The fourth-order valence-corrected chi connectivity index (χ4v) is 1.34. The topological polar surface area (TPSA) is 67.4 Å². The van der Waals surface area contributed by atoms with Crippen LogP contribution < -0.4 is 10.6 Å². The lowest BCUT2D eigenvalue weighted by Gasteiger charge is -2.06. The number of hydrogen-bond acceptors (Lipinski definition) is 3. The van der Waals surface area contributed by atoms with Crippen LogP contribution in [0.3, 0.4) is 0 Å². The van der Waals surface area contributed by atoms with Crippen molar-refractivity contribution in [1.82, 2.24) is 5.32 Å². The van der Waals surface area contributed by atoms with Gasteiger partial charge in [-0.3, -0.25) is 9.59 Å². The predicted octanol–water partition coefficient (Wildman–Crippen LogP) is 1.09. The molecule has 1 aromatic rings. The van der Waals surface area contributed by atoms with Crippen LogP contribution in [0.25, 0.3) is 0 Å². The van der Waals surface area contributed by atoms with Crippen molar-refractivity contribution in [3.8, 4) is 0 Å². The van der Waals surface area contributed by atoms with Crippen molar-refractivity contribution in [1.29, 1.82) is 0 Å². The second-order valence-corrected chi connectivity index (χ2v) is 3.93. The van der Waals surface area contributed by atoms with Gasteiger partial charge in [0.2, 0.25) is 11.8 Å². The third-order valence-corrected chi connectivity index (χ3v) is 2.28. The van der Waals surface area contributed by atoms with Gasteiger partial charge in [0.25, 0.3) is 0 Å². The first kappa shape index (κ1) is 14.2.